The van der Waals surface area contributed by atoms with Crippen molar-refractivity contribution in [2.24, 2.45) is 40.9 Å². The van der Waals surface area contributed by atoms with Gasteiger partial charge in [0, 0.05) is 24.3 Å². The Kier molecular flexibility index (Phi) is 24.7. The number of urea groups is 1. The first-order chi connectivity index (χ1) is 46.8. The number of hydrogen-bond acceptors (Lipinski definition) is 25. The Balaban J connectivity index is 1.08. The molecule has 8 N–H and O–H groups in total. The summed E-state index contributed by atoms with van der Waals surface area (Å²) in [5, 5.41) is 42.6. The van der Waals surface area contributed by atoms with Crippen molar-refractivity contribution in [3.8, 4) is 23.0 Å². The minimum atomic E-state index is -4.46. The van der Waals surface area contributed by atoms with Gasteiger partial charge in [0.15, 0.2) is 0 Å². The number of hydrogen-bond donors (Lipinski definition) is 8. The summed E-state index contributed by atoms with van der Waals surface area (Å²) in [7, 11) is -26.5. The highest BCUT2D eigenvalue weighted by Gasteiger charge is 2.20. The van der Waals surface area contributed by atoms with Gasteiger partial charge in [-0.25, -0.2) is 4.79 Å². The van der Waals surface area contributed by atoms with E-state index in [9.17, 15) is 82.6 Å². The number of rotatable bonds is 32. The molecule has 0 saturated carbocycles. The molecule has 0 aliphatic heterocycles. The second-order valence-corrected chi connectivity index (χ2v) is 31.3. The summed E-state index contributed by atoms with van der Waals surface area (Å²) >= 11 is 0. The number of anilines is 2. The van der Waals surface area contributed by atoms with Crippen molar-refractivity contribution in [1.29, 1.82) is 0 Å². The van der Waals surface area contributed by atoms with Gasteiger partial charge in [-0.15, -0.1) is 10.2 Å². The third-order valence-corrected chi connectivity index (χ3v) is 19.0. The van der Waals surface area contributed by atoms with Crippen molar-refractivity contribution in [1.82, 2.24) is 0 Å². The summed E-state index contributed by atoms with van der Waals surface area (Å²) in [6.45, 7) is 5.42. The van der Waals surface area contributed by atoms with E-state index in [4.69, 9.17) is 18.9 Å². The van der Waals surface area contributed by atoms with Crippen molar-refractivity contribution in [3.05, 3.63) is 144 Å². The zero-order chi connectivity index (χ0) is 73.0. The van der Waals surface area contributed by atoms with Crippen LogP contribution in [-0.2, 0) is 60.7 Å². The first-order valence-corrected chi connectivity index (χ1v) is 38.8. The molecular weight excluding hydrogens is 1430 g/mol. The van der Waals surface area contributed by atoms with Gasteiger partial charge in [-0.3, -0.25) is 27.3 Å². The fourth-order valence-electron chi connectivity index (χ4n) is 9.21. The van der Waals surface area contributed by atoms with E-state index < -0.39 is 89.8 Å². The summed E-state index contributed by atoms with van der Waals surface area (Å²) in [6, 6.07) is 28.2. The number of carbonyl (C=O) groups excluding carboxylic acids is 1. The predicted molar refractivity (Wildman–Crippen MR) is 368 cm³/mol. The lowest BCUT2D eigenvalue weighted by Gasteiger charge is -2.17. The van der Waals surface area contributed by atoms with Crippen LogP contribution >= 0.6 is 0 Å². The highest BCUT2D eigenvalue weighted by molar-refractivity contribution is 7.87. The lowest BCUT2D eigenvalue weighted by atomic mass is 10.1. The molecule has 100 heavy (non-hydrogen) atoms. The number of benzene rings is 8. The molecule has 0 spiro atoms. The van der Waals surface area contributed by atoms with E-state index in [2.05, 4.69) is 51.5 Å². The van der Waals surface area contributed by atoms with E-state index in [0.717, 1.165) is 0 Å². The average Bonchev–Trinajstić information content (AvgIpc) is 0.831. The third-order valence-electron chi connectivity index (χ3n) is 14.1. The molecule has 0 fully saturated rings. The molecule has 0 unspecified atom stereocenters. The molecule has 0 bridgehead atoms. The van der Waals surface area contributed by atoms with Crippen LogP contribution in [0.1, 0.15) is 47.9 Å². The highest BCUT2D eigenvalue weighted by Crippen LogP contribution is 2.42. The Morgan fingerprint density at radius 3 is 0.920 bits per heavy atom. The van der Waals surface area contributed by atoms with Crippen LogP contribution in [0.3, 0.4) is 0 Å². The molecule has 33 nitrogen and oxygen atoms in total. The fourth-order valence-corrected chi connectivity index (χ4v) is 12.2. The van der Waals surface area contributed by atoms with Crippen molar-refractivity contribution in [2.45, 2.75) is 63.2 Å². The van der Waals surface area contributed by atoms with Crippen molar-refractivity contribution in [3.63, 3.8) is 0 Å². The quantitative estimate of drug-likeness (QED) is 0.0110. The number of amides is 2. The van der Waals surface area contributed by atoms with Gasteiger partial charge in [0.25, 0.3) is 60.7 Å². The first-order valence-electron chi connectivity index (χ1n) is 29.5. The highest BCUT2D eigenvalue weighted by atomic mass is 32.2. The van der Waals surface area contributed by atoms with Gasteiger partial charge >= 0.3 is 6.03 Å². The molecule has 8 aromatic rings. The normalized spacial score (nSPS) is 12.7. The fraction of sp³-hybridized carbons (Fsp3) is 0.262. The number of fused-ring (bicyclic) bond motifs is 2. The number of carbonyl (C=O) groups is 1. The molecule has 0 aliphatic carbocycles. The Bertz CT molecular complexity index is 4990. The summed E-state index contributed by atoms with van der Waals surface area (Å²) in [5.41, 5.74) is 3.40. The smallest absolute Gasteiger partial charge is 0.323 e. The molecule has 0 saturated heterocycles. The van der Waals surface area contributed by atoms with Crippen LogP contribution in [0.25, 0.3) is 21.5 Å². The molecule has 39 heteroatoms. The molecule has 8 rings (SSSR count). The van der Waals surface area contributed by atoms with Crippen LogP contribution in [0.4, 0.5) is 61.7 Å². The molecule has 0 aliphatic rings. The zero-order valence-corrected chi connectivity index (χ0v) is 58.1. The molecule has 0 radical (unpaired) electrons. The second kappa shape index (κ2) is 32.3. The third kappa shape index (κ3) is 23.4. The summed E-state index contributed by atoms with van der Waals surface area (Å²) in [5.74, 6) is -2.75. The van der Waals surface area contributed by atoms with E-state index >= 15 is 0 Å². The monoisotopic (exact) mass is 1500 g/mol. The largest absolute Gasteiger partial charge is 0.491 e. The number of nitrogens with zero attached hydrogens (tertiary/aromatic N) is 8. The maximum absolute atomic E-state index is 14.1. The van der Waals surface area contributed by atoms with Crippen LogP contribution < -0.4 is 29.6 Å². The maximum Gasteiger partial charge on any atom is 0.323 e. The molecule has 2 amide bonds. The Morgan fingerprint density at radius 2 is 0.600 bits per heavy atom. The van der Waals surface area contributed by atoms with E-state index in [1.807, 2.05) is 0 Å². The van der Waals surface area contributed by atoms with Crippen LogP contribution in [0.15, 0.2) is 172 Å². The van der Waals surface area contributed by atoms with Gasteiger partial charge in [-0.1, -0.05) is 24.3 Å². The number of aryl methyl sites for hydroxylation is 4. The molecular formula is C61H64N10O23S6. The molecule has 0 heterocycles. The Labute approximate surface area is 574 Å². The van der Waals surface area contributed by atoms with Crippen molar-refractivity contribution in [2.75, 3.05) is 60.1 Å². The average molecular weight is 1500 g/mol. The van der Waals surface area contributed by atoms with E-state index in [1.54, 1.807) is 64.1 Å². The Morgan fingerprint density at radius 1 is 0.330 bits per heavy atom. The molecule has 0 atom stereocenters. The topological polar surface area (TPSA) is 503 Å². The number of ether oxygens (including phenoxy) is 4. The van der Waals surface area contributed by atoms with Crippen molar-refractivity contribution < 1.29 is 102 Å². The molecule has 532 valence electrons. The van der Waals surface area contributed by atoms with Crippen LogP contribution in [0, 0.1) is 27.7 Å². The van der Waals surface area contributed by atoms with Gasteiger partial charge in [-0.05, 0) is 170 Å². The van der Waals surface area contributed by atoms with Gasteiger partial charge in [0.05, 0.1) is 105 Å². The van der Waals surface area contributed by atoms with Gasteiger partial charge in [0.1, 0.15) is 34.4 Å². The molecule has 8 aromatic carbocycles. The Hall–Kier alpha value is -9.39. The first kappa shape index (κ1) is 76.4. The van der Waals surface area contributed by atoms with Crippen LogP contribution in [0.2, 0.25) is 0 Å². The van der Waals surface area contributed by atoms with Crippen molar-refractivity contribution >= 4 is 145 Å². The summed E-state index contributed by atoms with van der Waals surface area (Å²) in [6.07, 6.45) is -0.738. The van der Waals surface area contributed by atoms with E-state index in [-0.39, 0.29) is 130 Å². The van der Waals surface area contributed by atoms with Gasteiger partial charge in [0.2, 0.25) is 0 Å². The number of nitrogens with one attached hydrogen (secondary N) is 2. The maximum atomic E-state index is 14.1. The van der Waals surface area contributed by atoms with Crippen LogP contribution in [-0.4, -0.2) is 133 Å². The lowest BCUT2D eigenvalue weighted by Crippen LogP contribution is -2.21. The van der Waals surface area contributed by atoms with Gasteiger partial charge < -0.3 is 29.6 Å². The van der Waals surface area contributed by atoms with E-state index in [0.29, 0.717) is 55.2 Å². The van der Waals surface area contributed by atoms with Crippen LogP contribution in [0.5, 0.6) is 23.0 Å². The standard InChI is InChI=1S/C61H64N10O23S6/c1-37-25-53(57(91-17-5-21-95(73,74)75)33-51(37)68-70-55-27-39(3)49(35-59(55)93-19-7-23-97(79,80)81)66-64-45-13-9-43-31-47(99(85,86)87)15-11-41(43)29-45)62-61(72)63-54-26-38(2)52(34-58(54)92-18-6-22-96(76,77)78)69-71-56-28-40(4)50(36-60(56)94-20-8-24-98(82,83)84)67-65-46-14-10-44-32-48(100(88,89)90)16-12-42(44)30-46/h9-16,25-36H,5-8,17-24H2,1-4H3,(H2,62,63,72)(H,73,74,75)(H,76,77,78)(H,79,80,81)(H,82,83,84)(H,85,86,87)(H,88,89,90). The van der Waals surface area contributed by atoms with Gasteiger partial charge in [-0.2, -0.15) is 81.2 Å². The SMILES string of the molecule is Cc1cc(N=Nc2cc(OCCCS(=O)(=O)O)c(NC(=O)Nc3cc(C)c(N=Nc4cc(C)c(N=Nc5ccc6cc(S(=O)(=O)O)ccc6c5)cc4OCCCS(=O)(=O)O)cc3OCCCS(=O)(=O)O)cc2C)c(OCCCS(=O)(=O)O)cc1N=Nc1ccc2cc(S(=O)(=O)O)ccc2c1. The summed E-state index contributed by atoms with van der Waals surface area (Å²) < 4.78 is 220. The second-order valence-electron chi connectivity index (χ2n) is 22.2. The summed E-state index contributed by atoms with van der Waals surface area (Å²) in [4.78, 5) is 13.5. The van der Waals surface area contributed by atoms with E-state index in [1.165, 1.54) is 84.9 Å². The number of azo groups is 4. The lowest BCUT2D eigenvalue weighted by molar-refractivity contribution is 0.261. The minimum absolute atomic E-state index is 0.00659. The zero-order valence-electron chi connectivity index (χ0n) is 53.2. The predicted octanol–water partition coefficient (Wildman–Crippen LogP) is 13.7. The molecule has 0 aromatic heterocycles. The minimum Gasteiger partial charge on any atom is -0.491 e.